The van der Waals surface area contributed by atoms with E-state index in [9.17, 15) is 9.59 Å². The summed E-state index contributed by atoms with van der Waals surface area (Å²) in [5, 5.41) is 3.37. The Bertz CT molecular complexity index is 1070. The predicted octanol–water partition coefficient (Wildman–Crippen LogP) is 6.81. The number of nitrogens with one attached hydrogen (secondary N) is 1. The minimum atomic E-state index is -0.264. The van der Waals surface area contributed by atoms with Crippen LogP contribution in [0, 0.1) is 29.1 Å². The molecule has 3 aliphatic carbocycles. The molecule has 214 valence electrons. The Morgan fingerprint density at radius 3 is 2.59 bits per heavy atom. The molecule has 1 N–H and O–H groups in total. The Morgan fingerprint density at radius 1 is 1.05 bits per heavy atom. The van der Waals surface area contributed by atoms with Gasteiger partial charge in [0.15, 0.2) is 0 Å². The lowest BCUT2D eigenvalue weighted by Gasteiger charge is -2.62. The third-order valence-electron chi connectivity index (χ3n) is 10.8. The molecule has 5 nitrogen and oxygen atoms in total. The maximum atomic E-state index is 12.9. The van der Waals surface area contributed by atoms with Crippen LogP contribution in [-0.4, -0.2) is 48.4 Å². The van der Waals surface area contributed by atoms with Gasteiger partial charge in [0.1, 0.15) is 6.10 Å². The number of benzene rings is 1. The predicted molar refractivity (Wildman–Crippen MR) is 159 cm³/mol. The molecular weight excluding hydrogens is 531 g/mol. The summed E-state index contributed by atoms with van der Waals surface area (Å²) in [5.74, 6) is 3.59. The molecule has 1 aromatic carbocycles. The lowest BCUT2D eigenvalue weighted by atomic mass is 9.45. The van der Waals surface area contributed by atoms with Gasteiger partial charge in [-0.25, -0.2) is 4.79 Å². The van der Waals surface area contributed by atoms with Gasteiger partial charge in [0.25, 0.3) is 0 Å². The standard InChI is InChI=1S/C32H44Cl2N2O3/c1-31-15-13-24(39-30(38)12-7-22-5-3-4-6-28(22)36(19-17-33)20-18-34)21-23(31)8-9-25-26(31)14-16-32(2)27(25)10-11-29(37)35-32/h3-7,12,23-27H,8-11,13-21H2,1-2H3,(H,35,37)/b12-7+/t23-,24+,25?,26?,27?,31-,32-/m0/s1. The summed E-state index contributed by atoms with van der Waals surface area (Å²) >= 11 is 12.0. The number of carbonyl (C=O) groups excluding carboxylic acids is 2. The fourth-order valence-electron chi connectivity index (χ4n) is 8.84. The lowest BCUT2D eigenvalue weighted by Crippen LogP contribution is -2.63. The number of hydrogen-bond acceptors (Lipinski definition) is 4. The number of esters is 1. The zero-order valence-corrected chi connectivity index (χ0v) is 25.0. The molecule has 4 fully saturated rings. The molecule has 3 saturated carbocycles. The quantitative estimate of drug-likeness (QED) is 0.210. The molecule has 1 saturated heterocycles. The van der Waals surface area contributed by atoms with Crippen LogP contribution in [-0.2, 0) is 14.3 Å². The SMILES string of the molecule is C[C@]12CCC3C(CC[C@H]4C[C@H](OC(=O)/C=C/c5ccccc5N(CCCl)CCCl)CC[C@]34C)C1CCC(=O)N2. The molecule has 0 aromatic heterocycles. The van der Waals surface area contributed by atoms with Crippen LogP contribution in [0.5, 0.6) is 0 Å². The minimum Gasteiger partial charge on any atom is -0.459 e. The van der Waals surface area contributed by atoms with E-state index in [0.717, 1.165) is 43.4 Å². The Morgan fingerprint density at radius 2 is 1.82 bits per heavy atom. The third kappa shape index (κ3) is 5.86. The van der Waals surface area contributed by atoms with Crippen LogP contribution in [0.4, 0.5) is 5.69 Å². The van der Waals surface area contributed by atoms with Crippen molar-refractivity contribution in [1.29, 1.82) is 0 Å². The summed E-state index contributed by atoms with van der Waals surface area (Å²) in [6, 6.07) is 8.01. The number of amides is 1. The van der Waals surface area contributed by atoms with Gasteiger partial charge < -0.3 is 15.0 Å². The number of ether oxygens (including phenoxy) is 1. The van der Waals surface area contributed by atoms with E-state index in [1.807, 2.05) is 30.3 Å². The highest BCUT2D eigenvalue weighted by atomic mass is 35.5. The molecule has 3 unspecified atom stereocenters. The smallest absolute Gasteiger partial charge is 0.331 e. The first-order valence-corrected chi connectivity index (χ1v) is 16.0. The van der Waals surface area contributed by atoms with Crippen LogP contribution in [0.25, 0.3) is 6.08 Å². The van der Waals surface area contributed by atoms with Crippen molar-refractivity contribution in [1.82, 2.24) is 5.32 Å². The van der Waals surface area contributed by atoms with Crippen LogP contribution in [0.3, 0.4) is 0 Å². The average Bonchev–Trinajstić information content (AvgIpc) is 2.91. The first-order valence-electron chi connectivity index (χ1n) is 14.9. The third-order valence-corrected chi connectivity index (χ3v) is 11.1. The number of piperidine rings is 1. The Kier molecular flexibility index (Phi) is 8.88. The molecule has 0 spiro atoms. The second-order valence-electron chi connectivity index (χ2n) is 12.8. The summed E-state index contributed by atoms with van der Waals surface area (Å²) in [7, 11) is 0. The van der Waals surface area contributed by atoms with Crippen molar-refractivity contribution in [2.75, 3.05) is 29.7 Å². The maximum Gasteiger partial charge on any atom is 0.331 e. The van der Waals surface area contributed by atoms with E-state index in [4.69, 9.17) is 27.9 Å². The first kappa shape index (κ1) is 28.8. The number of rotatable bonds is 8. The van der Waals surface area contributed by atoms with E-state index in [2.05, 4.69) is 24.1 Å². The van der Waals surface area contributed by atoms with Crippen LogP contribution < -0.4 is 10.2 Å². The summed E-state index contributed by atoms with van der Waals surface area (Å²) < 4.78 is 6.02. The molecule has 7 heteroatoms. The number of hydrogen-bond donors (Lipinski definition) is 1. The van der Waals surface area contributed by atoms with Gasteiger partial charge in [0.05, 0.1) is 0 Å². The van der Waals surface area contributed by atoms with Crippen LogP contribution in [0.15, 0.2) is 30.3 Å². The van der Waals surface area contributed by atoms with Crippen molar-refractivity contribution in [3.8, 4) is 0 Å². The highest BCUT2D eigenvalue weighted by Crippen LogP contribution is 2.62. The van der Waals surface area contributed by atoms with Gasteiger partial charge in [-0.05, 0) is 105 Å². The first-order chi connectivity index (χ1) is 18.8. The fraction of sp³-hybridized carbons (Fsp3) is 0.688. The van der Waals surface area contributed by atoms with Gasteiger partial charge in [-0.15, -0.1) is 23.2 Å². The van der Waals surface area contributed by atoms with Crippen LogP contribution in [0.1, 0.15) is 77.2 Å². The largest absolute Gasteiger partial charge is 0.459 e. The van der Waals surface area contributed by atoms with E-state index in [0.29, 0.717) is 60.4 Å². The molecule has 1 amide bonds. The highest BCUT2D eigenvalue weighted by molar-refractivity contribution is 6.18. The summed E-state index contributed by atoms with van der Waals surface area (Å²) in [6.07, 6.45) is 12.9. The number of nitrogens with zero attached hydrogens (tertiary/aromatic N) is 1. The lowest BCUT2D eigenvalue weighted by molar-refractivity contribution is -0.158. The molecule has 1 aliphatic heterocycles. The summed E-state index contributed by atoms with van der Waals surface area (Å²) in [6.45, 7) is 6.19. The molecule has 5 rings (SSSR count). The Labute approximate surface area is 244 Å². The van der Waals surface area contributed by atoms with Gasteiger partial charge in [-0.3, -0.25) is 4.79 Å². The fourth-order valence-corrected chi connectivity index (χ4v) is 9.24. The van der Waals surface area contributed by atoms with Gasteiger partial charge in [-0.1, -0.05) is 25.1 Å². The molecular formula is C32H44Cl2N2O3. The van der Waals surface area contributed by atoms with E-state index >= 15 is 0 Å². The van der Waals surface area contributed by atoms with E-state index in [1.165, 1.54) is 19.3 Å². The zero-order valence-electron chi connectivity index (χ0n) is 23.5. The minimum absolute atomic E-state index is 0.0150. The topological polar surface area (TPSA) is 58.6 Å². The summed E-state index contributed by atoms with van der Waals surface area (Å²) in [5.41, 5.74) is 2.26. The highest BCUT2D eigenvalue weighted by Gasteiger charge is 2.58. The number of halogens is 2. The van der Waals surface area contributed by atoms with Gasteiger partial charge in [-0.2, -0.15) is 0 Å². The Balaban J connectivity index is 1.21. The van der Waals surface area contributed by atoms with E-state index in [1.54, 1.807) is 6.08 Å². The van der Waals surface area contributed by atoms with Crippen molar-refractivity contribution in [3.05, 3.63) is 35.9 Å². The number of alkyl halides is 2. The number of carbonyl (C=O) groups is 2. The molecule has 1 heterocycles. The van der Waals surface area contributed by atoms with Crippen molar-refractivity contribution in [2.24, 2.45) is 29.1 Å². The monoisotopic (exact) mass is 574 g/mol. The number of para-hydroxylation sites is 1. The zero-order chi connectivity index (χ0) is 27.6. The number of fused-ring (bicyclic) bond motifs is 5. The molecule has 4 aliphatic rings. The van der Waals surface area contributed by atoms with Gasteiger partial charge in [0.2, 0.25) is 5.91 Å². The van der Waals surface area contributed by atoms with Gasteiger partial charge >= 0.3 is 5.97 Å². The Hall–Kier alpha value is -1.72. The number of anilines is 1. The van der Waals surface area contributed by atoms with Crippen molar-refractivity contribution < 1.29 is 14.3 Å². The van der Waals surface area contributed by atoms with Crippen molar-refractivity contribution in [2.45, 2.75) is 83.3 Å². The van der Waals surface area contributed by atoms with Crippen LogP contribution >= 0.6 is 23.2 Å². The molecule has 0 bridgehead atoms. The van der Waals surface area contributed by atoms with Gasteiger partial charge in [0, 0.05) is 48.6 Å². The van der Waals surface area contributed by atoms with Crippen molar-refractivity contribution in [3.63, 3.8) is 0 Å². The molecule has 1 aromatic rings. The molecule has 39 heavy (non-hydrogen) atoms. The average molecular weight is 576 g/mol. The molecule has 7 atom stereocenters. The second-order valence-corrected chi connectivity index (χ2v) is 13.5. The second kappa shape index (κ2) is 12.0. The normalized spacial score (nSPS) is 35.9. The van der Waals surface area contributed by atoms with E-state index in [-0.39, 0.29) is 23.5 Å². The van der Waals surface area contributed by atoms with Crippen LogP contribution in [0.2, 0.25) is 0 Å². The summed E-state index contributed by atoms with van der Waals surface area (Å²) in [4.78, 5) is 27.2. The van der Waals surface area contributed by atoms with E-state index < -0.39 is 0 Å². The molecule has 0 radical (unpaired) electrons. The van der Waals surface area contributed by atoms with Crippen molar-refractivity contribution >= 4 is 46.8 Å². The maximum absolute atomic E-state index is 12.9.